The van der Waals surface area contributed by atoms with Gasteiger partial charge in [0, 0.05) is 29.4 Å². The highest BCUT2D eigenvalue weighted by molar-refractivity contribution is 6.30. The molecule has 1 aromatic heterocycles. The Balaban J connectivity index is 1.78. The third-order valence-electron chi connectivity index (χ3n) is 4.67. The van der Waals surface area contributed by atoms with Crippen LogP contribution in [-0.4, -0.2) is 34.9 Å². The van der Waals surface area contributed by atoms with Gasteiger partial charge in [-0.25, -0.2) is 0 Å². The number of hydrogen-bond acceptors (Lipinski definition) is 5. The lowest BCUT2D eigenvalue weighted by Crippen LogP contribution is -2.47. The predicted octanol–water partition coefficient (Wildman–Crippen LogP) is 3.67. The number of piperidine rings is 1. The Bertz CT molecular complexity index is 688. The Labute approximate surface area is 147 Å². The Hall–Kier alpha value is -1.59. The number of aliphatic hydroxyl groups is 1. The number of aliphatic hydroxyl groups excluding tert-OH is 1. The summed E-state index contributed by atoms with van der Waals surface area (Å²) >= 11 is 6.10. The van der Waals surface area contributed by atoms with Crippen molar-refractivity contribution < 1.29 is 9.63 Å². The summed E-state index contributed by atoms with van der Waals surface area (Å²) in [6, 6.07) is 7.87. The molecule has 0 amide bonds. The molecule has 0 saturated carbocycles. The highest BCUT2D eigenvalue weighted by atomic mass is 35.5. The lowest BCUT2D eigenvalue weighted by Gasteiger charge is -2.41. The molecule has 0 spiro atoms. The quantitative estimate of drug-likeness (QED) is 0.892. The summed E-state index contributed by atoms with van der Waals surface area (Å²) in [7, 11) is 0. The standard InChI is InChI=1S/C18H24ClN3O2/c1-13(2)16-20-17(21-24-16)22-8-4-7-18(11-22,12-23)10-14-5-3-6-15(19)9-14/h3,5-6,9,13,23H,4,7-8,10-12H2,1-2H3. The maximum atomic E-state index is 10.1. The zero-order valence-electron chi connectivity index (χ0n) is 14.2. The molecule has 2 aromatic rings. The van der Waals surface area contributed by atoms with Gasteiger partial charge in [0.15, 0.2) is 0 Å². The largest absolute Gasteiger partial charge is 0.396 e. The summed E-state index contributed by atoms with van der Waals surface area (Å²) in [5, 5.41) is 15.0. The first-order valence-electron chi connectivity index (χ1n) is 8.45. The maximum absolute atomic E-state index is 10.1. The normalized spacial score (nSPS) is 21.5. The number of rotatable bonds is 5. The van der Waals surface area contributed by atoms with Crippen molar-refractivity contribution in [2.24, 2.45) is 5.41 Å². The van der Waals surface area contributed by atoms with Crippen LogP contribution in [0.25, 0.3) is 0 Å². The van der Waals surface area contributed by atoms with Crippen molar-refractivity contribution in [1.82, 2.24) is 10.1 Å². The fourth-order valence-corrected chi connectivity index (χ4v) is 3.59. The van der Waals surface area contributed by atoms with E-state index in [1.54, 1.807) is 0 Å². The van der Waals surface area contributed by atoms with Gasteiger partial charge >= 0.3 is 0 Å². The van der Waals surface area contributed by atoms with Crippen molar-refractivity contribution in [3.63, 3.8) is 0 Å². The smallest absolute Gasteiger partial charge is 0.266 e. The van der Waals surface area contributed by atoms with Crippen LogP contribution < -0.4 is 4.90 Å². The van der Waals surface area contributed by atoms with Crippen LogP contribution in [-0.2, 0) is 6.42 Å². The van der Waals surface area contributed by atoms with E-state index < -0.39 is 0 Å². The minimum Gasteiger partial charge on any atom is -0.396 e. The van der Waals surface area contributed by atoms with E-state index in [-0.39, 0.29) is 17.9 Å². The average molecular weight is 350 g/mol. The molecule has 1 atom stereocenters. The molecule has 5 nitrogen and oxygen atoms in total. The Morgan fingerprint density at radius 1 is 1.42 bits per heavy atom. The number of hydrogen-bond donors (Lipinski definition) is 1. The lowest BCUT2D eigenvalue weighted by atomic mass is 9.76. The van der Waals surface area contributed by atoms with Crippen LogP contribution in [0.2, 0.25) is 5.02 Å². The molecule has 0 radical (unpaired) electrons. The van der Waals surface area contributed by atoms with Gasteiger partial charge in [-0.05, 0) is 42.1 Å². The van der Waals surface area contributed by atoms with Gasteiger partial charge < -0.3 is 14.5 Å². The van der Waals surface area contributed by atoms with E-state index in [0.717, 1.165) is 36.4 Å². The highest BCUT2D eigenvalue weighted by Crippen LogP contribution is 2.35. The summed E-state index contributed by atoms with van der Waals surface area (Å²) < 4.78 is 5.33. The fraction of sp³-hybridized carbons (Fsp3) is 0.556. The number of anilines is 1. The van der Waals surface area contributed by atoms with E-state index in [0.29, 0.717) is 18.4 Å². The third-order valence-corrected chi connectivity index (χ3v) is 4.91. The van der Waals surface area contributed by atoms with Crippen LogP contribution in [0.15, 0.2) is 28.8 Å². The Morgan fingerprint density at radius 2 is 2.25 bits per heavy atom. The van der Waals surface area contributed by atoms with Gasteiger partial charge in [-0.15, -0.1) is 0 Å². The van der Waals surface area contributed by atoms with Crippen molar-refractivity contribution in [2.75, 3.05) is 24.6 Å². The van der Waals surface area contributed by atoms with E-state index in [9.17, 15) is 5.11 Å². The third kappa shape index (κ3) is 3.73. The van der Waals surface area contributed by atoms with Crippen LogP contribution in [0.3, 0.4) is 0 Å². The second kappa shape index (κ2) is 7.11. The highest BCUT2D eigenvalue weighted by Gasteiger charge is 2.36. The molecule has 1 unspecified atom stereocenters. The van der Waals surface area contributed by atoms with E-state index in [1.165, 1.54) is 0 Å². The SMILES string of the molecule is CC(C)c1nc(N2CCCC(CO)(Cc3cccc(Cl)c3)C2)no1. The van der Waals surface area contributed by atoms with Gasteiger partial charge in [0.05, 0.1) is 6.61 Å². The molecule has 1 fully saturated rings. The molecule has 2 heterocycles. The zero-order valence-corrected chi connectivity index (χ0v) is 15.0. The molecular weight excluding hydrogens is 326 g/mol. The van der Waals surface area contributed by atoms with Crippen molar-refractivity contribution in [3.05, 3.63) is 40.7 Å². The van der Waals surface area contributed by atoms with Crippen molar-refractivity contribution in [1.29, 1.82) is 0 Å². The van der Waals surface area contributed by atoms with Gasteiger partial charge in [-0.3, -0.25) is 0 Å². The van der Waals surface area contributed by atoms with Crippen LogP contribution >= 0.6 is 11.6 Å². The van der Waals surface area contributed by atoms with Gasteiger partial charge in [0.25, 0.3) is 5.95 Å². The molecule has 130 valence electrons. The van der Waals surface area contributed by atoms with E-state index in [2.05, 4.69) is 21.1 Å². The van der Waals surface area contributed by atoms with Crippen LogP contribution in [0, 0.1) is 5.41 Å². The van der Waals surface area contributed by atoms with Crippen molar-refractivity contribution >= 4 is 17.5 Å². The number of halogens is 1. The van der Waals surface area contributed by atoms with Crippen LogP contribution in [0.1, 0.15) is 44.1 Å². The Morgan fingerprint density at radius 3 is 2.92 bits per heavy atom. The van der Waals surface area contributed by atoms with Gasteiger partial charge in [-0.2, -0.15) is 4.98 Å². The first-order chi connectivity index (χ1) is 11.5. The molecule has 1 N–H and O–H groups in total. The lowest BCUT2D eigenvalue weighted by molar-refractivity contribution is 0.105. The zero-order chi connectivity index (χ0) is 17.2. The monoisotopic (exact) mass is 349 g/mol. The van der Waals surface area contributed by atoms with Crippen molar-refractivity contribution in [3.8, 4) is 0 Å². The first kappa shape index (κ1) is 17.2. The van der Waals surface area contributed by atoms with Crippen LogP contribution in [0.5, 0.6) is 0 Å². The van der Waals surface area contributed by atoms with E-state index >= 15 is 0 Å². The van der Waals surface area contributed by atoms with E-state index in [4.69, 9.17) is 16.1 Å². The minimum absolute atomic E-state index is 0.130. The van der Waals surface area contributed by atoms with Crippen LogP contribution in [0.4, 0.5) is 5.95 Å². The molecule has 24 heavy (non-hydrogen) atoms. The molecule has 6 heteroatoms. The number of benzene rings is 1. The number of nitrogens with zero attached hydrogens (tertiary/aromatic N) is 3. The maximum Gasteiger partial charge on any atom is 0.266 e. The molecule has 1 aliphatic heterocycles. The van der Waals surface area contributed by atoms with E-state index in [1.807, 2.05) is 32.0 Å². The predicted molar refractivity (Wildman–Crippen MR) is 94.5 cm³/mol. The topological polar surface area (TPSA) is 62.4 Å². The molecule has 1 aliphatic rings. The molecule has 0 aliphatic carbocycles. The summed E-state index contributed by atoms with van der Waals surface area (Å²) in [4.78, 5) is 6.62. The minimum atomic E-state index is -0.207. The summed E-state index contributed by atoms with van der Waals surface area (Å²) in [5.74, 6) is 1.49. The molecule has 3 rings (SSSR count). The second-order valence-electron chi connectivity index (χ2n) is 7.08. The Kier molecular flexibility index (Phi) is 5.11. The molecule has 1 aromatic carbocycles. The van der Waals surface area contributed by atoms with Gasteiger partial charge in [0.1, 0.15) is 0 Å². The summed E-state index contributed by atoms with van der Waals surface area (Å²) in [6.07, 6.45) is 2.75. The van der Waals surface area contributed by atoms with Crippen molar-refractivity contribution in [2.45, 2.75) is 39.0 Å². The average Bonchev–Trinajstić information content (AvgIpc) is 3.05. The van der Waals surface area contributed by atoms with Gasteiger partial charge in [0.2, 0.25) is 5.89 Å². The number of aromatic nitrogens is 2. The summed E-state index contributed by atoms with van der Waals surface area (Å²) in [6.45, 7) is 5.79. The second-order valence-corrected chi connectivity index (χ2v) is 7.51. The molecule has 0 bridgehead atoms. The summed E-state index contributed by atoms with van der Waals surface area (Å²) in [5.41, 5.74) is 0.941. The molecular formula is C18H24ClN3O2. The fourth-order valence-electron chi connectivity index (χ4n) is 3.38. The molecule has 1 saturated heterocycles. The van der Waals surface area contributed by atoms with Gasteiger partial charge in [-0.1, -0.05) is 37.6 Å². The first-order valence-corrected chi connectivity index (χ1v) is 8.83.